The fourth-order valence-corrected chi connectivity index (χ4v) is 3.24. The Balaban J connectivity index is 1.83. The maximum atomic E-state index is 13.7. The Bertz CT molecular complexity index is 469. The second kappa shape index (κ2) is 7.90. The van der Waals surface area contributed by atoms with Crippen LogP contribution in [0.25, 0.3) is 0 Å². The largest absolute Gasteiger partial charge is 0.352 e. The summed E-state index contributed by atoms with van der Waals surface area (Å²) in [6.45, 7) is 5.97. The first kappa shape index (κ1) is 16.4. The van der Waals surface area contributed by atoms with E-state index in [9.17, 15) is 9.18 Å². The summed E-state index contributed by atoms with van der Waals surface area (Å²) in [5.41, 5.74) is 0.0858. The van der Waals surface area contributed by atoms with E-state index in [1.807, 2.05) is 0 Å². The van der Waals surface area contributed by atoms with Gasteiger partial charge in [0, 0.05) is 17.6 Å². The van der Waals surface area contributed by atoms with Crippen LogP contribution < -0.4 is 5.32 Å². The maximum absolute atomic E-state index is 13.7. The molecule has 1 aromatic rings. The van der Waals surface area contributed by atoms with Crippen LogP contribution in [0.2, 0.25) is 0 Å². The minimum Gasteiger partial charge on any atom is -0.352 e. The highest BCUT2D eigenvalue weighted by molar-refractivity contribution is 9.10. The lowest BCUT2D eigenvalue weighted by atomic mass is 10.1. The SMILES string of the molecule is CC(CNC(=O)c1c(F)cccc1Br)CN1CCCCC1. The van der Waals surface area contributed by atoms with Crippen LogP contribution in [-0.4, -0.2) is 37.0 Å². The molecule has 5 heteroatoms. The molecule has 3 nitrogen and oxygen atoms in total. The quantitative estimate of drug-likeness (QED) is 0.876. The summed E-state index contributed by atoms with van der Waals surface area (Å²) in [5.74, 6) is -0.492. The molecule has 1 aromatic carbocycles. The molecule has 1 heterocycles. The first-order chi connectivity index (χ1) is 10.1. The average Bonchev–Trinajstić information content (AvgIpc) is 2.46. The van der Waals surface area contributed by atoms with Crippen LogP contribution in [0.5, 0.6) is 0 Å². The third kappa shape index (κ3) is 4.78. The zero-order chi connectivity index (χ0) is 15.2. The van der Waals surface area contributed by atoms with Crippen LogP contribution in [0.15, 0.2) is 22.7 Å². The minimum absolute atomic E-state index is 0.0858. The lowest BCUT2D eigenvalue weighted by molar-refractivity contribution is 0.0937. The molecule has 1 unspecified atom stereocenters. The molecular formula is C16H22BrFN2O. The van der Waals surface area contributed by atoms with Gasteiger partial charge < -0.3 is 10.2 Å². The van der Waals surface area contributed by atoms with Crippen molar-refractivity contribution in [2.45, 2.75) is 26.2 Å². The zero-order valence-electron chi connectivity index (χ0n) is 12.4. The molecule has 21 heavy (non-hydrogen) atoms. The number of carbonyl (C=O) groups excluding carboxylic acids is 1. The van der Waals surface area contributed by atoms with Gasteiger partial charge in [0.05, 0.1) is 5.56 Å². The van der Waals surface area contributed by atoms with Gasteiger partial charge in [-0.05, 0) is 59.9 Å². The molecule has 0 bridgehead atoms. The first-order valence-electron chi connectivity index (χ1n) is 7.52. The molecule has 0 spiro atoms. The lowest BCUT2D eigenvalue weighted by Crippen LogP contribution is -2.38. The Morgan fingerprint density at radius 2 is 2.10 bits per heavy atom. The first-order valence-corrected chi connectivity index (χ1v) is 8.32. The van der Waals surface area contributed by atoms with Gasteiger partial charge in [-0.3, -0.25) is 4.79 Å². The van der Waals surface area contributed by atoms with Crippen LogP contribution in [0.3, 0.4) is 0 Å². The van der Waals surface area contributed by atoms with E-state index >= 15 is 0 Å². The number of halogens is 2. The van der Waals surface area contributed by atoms with Gasteiger partial charge >= 0.3 is 0 Å². The Kier molecular flexibility index (Phi) is 6.18. The number of likely N-dealkylation sites (tertiary alicyclic amines) is 1. The Labute approximate surface area is 134 Å². The fourth-order valence-electron chi connectivity index (χ4n) is 2.72. The maximum Gasteiger partial charge on any atom is 0.255 e. The van der Waals surface area contributed by atoms with Crippen LogP contribution >= 0.6 is 15.9 Å². The highest BCUT2D eigenvalue weighted by Crippen LogP contribution is 2.19. The highest BCUT2D eigenvalue weighted by atomic mass is 79.9. The third-order valence-corrected chi connectivity index (χ3v) is 4.48. The Morgan fingerprint density at radius 3 is 2.76 bits per heavy atom. The standard InChI is InChI=1S/C16H22BrFN2O/c1-12(11-20-8-3-2-4-9-20)10-19-16(21)15-13(17)6-5-7-14(15)18/h5-7,12H,2-4,8-11H2,1H3,(H,19,21). The summed E-state index contributed by atoms with van der Waals surface area (Å²) in [5, 5.41) is 2.83. The van der Waals surface area contributed by atoms with Gasteiger partial charge in [0.2, 0.25) is 0 Å². The summed E-state index contributed by atoms with van der Waals surface area (Å²) < 4.78 is 14.2. The van der Waals surface area contributed by atoms with Crippen LogP contribution in [0.4, 0.5) is 4.39 Å². The molecule has 1 aliphatic heterocycles. The molecule has 0 saturated carbocycles. The smallest absolute Gasteiger partial charge is 0.255 e. The van der Waals surface area contributed by atoms with E-state index in [4.69, 9.17) is 0 Å². The topological polar surface area (TPSA) is 32.3 Å². The number of carbonyl (C=O) groups is 1. The van der Waals surface area contributed by atoms with Gasteiger partial charge in [0.1, 0.15) is 5.82 Å². The highest BCUT2D eigenvalue weighted by Gasteiger charge is 2.17. The lowest BCUT2D eigenvalue weighted by Gasteiger charge is -2.29. The van der Waals surface area contributed by atoms with Gasteiger partial charge in [0.25, 0.3) is 5.91 Å². The van der Waals surface area contributed by atoms with Gasteiger partial charge in [0.15, 0.2) is 0 Å². The molecule has 0 aliphatic carbocycles. The molecule has 1 atom stereocenters. The molecule has 1 saturated heterocycles. The number of nitrogens with one attached hydrogen (secondary N) is 1. The van der Waals surface area contributed by atoms with Crippen molar-refractivity contribution < 1.29 is 9.18 Å². The van der Waals surface area contributed by atoms with Crippen molar-refractivity contribution >= 4 is 21.8 Å². The molecule has 2 rings (SSSR count). The third-order valence-electron chi connectivity index (χ3n) is 3.82. The zero-order valence-corrected chi connectivity index (χ0v) is 14.0. The van der Waals surface area contributed by atoms with Gasteiger partial charge in [-0.2, -0.15) is 0 Å². The Hall–Kier alpha value is -0.940. The molecule has 0 aromatic heterocycles. The number of hydrogen-bond donors (Lipinski definition) is 1. The molecule has 116 valence electrons. The van der Waals surface area contributed by atoms with Gasteiger partial charge in [-0.25, -0.2) is 4.39 Å². The van der Waals surface area contributed by atoms with E-state index in [0.717, 1.165) is 19.6 Å². The van der Waals surface area contributed by atoms with E-state index in [-0.39, 0.29) is 11.5 Å². The second-order valence-corrected chi connectivity index (χ2v) is 6.63. The summed E-state index contributed by atoms with van der Waals surface area (Å²) in [4.78, 5) is 14.5. The van der Waals surface area contributed by atoms with E-state index < -0.39 is 5.82 Å². The summed E-state index contributed by atoms with van der Waals surface area (Å²) in [7, 11) is 0. The number of hydrogen-bond acceptors (Lipinski definition) is 2. The van der Waals surface area contributed by atoms with Crippen molar-refractivity contribution in [3.63, 3.8) is 0 Å². The van der Waals surface area contributed by atoms with E-state index in [0.29, 0.717) is 16.9 Å². The fraction of sp³-hybridized carbons (Fsp3) is 0.562. The van der Waals surface area contributed by atoms with Gasteiger partial charge in [-0.15, -0.1) is 0 Å². The number of benzene rings is 1. The molecule has 0 radical (unpaired) electrons. The van der Waals surface area contributed by atoms with Crippen molar-refractivity contribution in [1.82, 2.24) is 10.2 Å². The van der Waals surface area contributed by atoms with Crippen molar-refractivity contribution in [3.8, 4) is 0 Å². The van der Waals surface area contributed by atoms with E-state index in [1.165, 1.54) is 25.3 Å². The predicted molar refractivity (Wildman–Crippen MR) is 85.9 cm³/mol. The molecule has 1 fully saturated rings. The number of nitrogens with zero attached hydrogens (tertiary/aromatic N) is 1. The molecule has 1 N–H and O–H groups in total. The van der Waals surface area contributed by atoms with Crippen LogP contribution in [0, 0.1) is 11.7 Å². The van der Waals surface area contributed by atoms with E-state index in [1.54, 1.807) is 12.1 Å². The average molecular weight is 357 g/mol. The number of amides is 1. The van der Waals surface area contributed by atoms with Crippen molar-refractivity contribution in [3.05, 3.63) is 34.1 Å². The summed E-state index contributed by atoms with van der Waals surface area (Å²) >= 11 is 3.23. The van der Waals surface area contributed by atoms with E-state index in [2.05, 4.69) is 33.1 Å². The Morgan fingerprint density at radius 1 is 1.38 bits per heavy atom. The van der Waals surface area contributed by atoms with Crippen molar-refractivity contribution in [2.75, 3.05) is 26.2 Å². The number of piperidine rings is 1. The van der Waals surface area contributed by atoms with Crippen LogP contribution in [-0.2, 0) is 0 Å². The molecule has 1 aliphatic rings. The minimum atomic E-state index is -0.495. The predicted octanol–water partition coefficient (Wildman–Crippen LogP) is 3.44. The number of rotatable bonds is 5. The molecular weight excluding hydrogens is 335 g/mol. The van der Waals surface area contributed by atoms with Crippen LogP contribution in [0.1, 0.15) is 36.5 Å². The normalized spacial score (nSPS) is 17.5. The van der Waals surface area contributed by atoms with Crippen molar-refractivity contribution in [2.24, 2.45) is 5.92 Å². The summed E-state index contributed by atoms with van der Waals surface area (Å²) in [6, 6.07) is 4.56. The molecule has 1 amide bonds. The van der Waals surface area contributed by atoms with Gasteiger partial charge in [-0.1, -0.05) is 19.4 Å². The monoisotopic (exact) mass is 356 g/mol. The second-order valence-electron chi connectivity index (χ2n) is 5.77. The summed E-state index contributed by atoms with van der Waals surface area (Å²) in [6.07, 6.45) is 3.85. The van der Waals surface area contributed by atoms with Crippen molar-refractivity contribution in [1.29, 1.82) is 0 Å².